The van der Waals surface area contributed by atoms with Crippen molar-refractivity contribution in [2.24, 2.45) is 0 Å². The minimum Gasteiger partial charge on any atom is -0.507 e. The fourth-order valence-electron chi connectivity index (χ4n) is 3.96. The summed E-state index contributed by atoms with van der Waals surface area (Å²) in [4.78, 5) is 13.4. The standard InChI is InChI=1S/C21H25N7O/c1-3-15-13-27(12-14(2)28(15)21-23-9-6-10-24-21)18-11-17(25-26-20(18)22)16-7-4-5-8-19(16)29/h4-11,14-15,29H,3,12-13H2,1-2H3,(H2,22,26). The smallest absolute Gasteiger partial charge is 0.225 e. The second-order valence-corrected chi connectivity index (χ2v) is 7.29. The summed E-state index contributed by atoms with van der Waals surface area (Å²) in [5.74, 6) is 1.31. The van der Waals surface area contributed by atoms with E-state index in [0.717, 1.165) is 31.1 Å². The average Bonchev–Trinajstić information content (AvgIpc) is 2.74. The van der Waals surface area contributed by atoms with E-state index in [0.29, 0.717) is 17.1 Å². The van der Waals surface area contributed by atoms with Crippen LogP contribution in [0.1, 0.15) is 20.3 Å². The van der Waals surface area contributed by atoms with Crippen LogP contribution in [0.2, 0.25) is 0 Å². The van der Waals surface area contributed by atoms with E-state index in [-0.39, 0.29) is 17.8 Å². The number of para-hydroxylation sites is 1. The maximum atomic E-state index is 10.2. The number of nitrogens with zero attached hydrogens (tertiary/aromatic N) is 6. The molecule has 1 saturated heterocycles. The molecule has 1 aromatic carbocycles. The summed E-state index contributed by atoms with van der Waals surface area (Å²) in [6, 6.07) is 11.3. The maximum Gasteiger partial charge on any atom is 0.225 e. The molecule has 0 radical (unpaired) electrons. The van der Waals surface area contributed by atoms with Crippen LogP contribution in [0.4, 0.5) is 17.5 Å². The van der Waals surface area contributed by atoms with Crippen LogP contribution in [0.5, 0.6) is 5.75 Å². The molecule has 0 aliphatic carbocycles. The number of nitrogens with two attached hydrogens (primary N) is 1. The van der Waals surface area contributed by atoms with E-state index >= 15 is 0 Å². The molecular weight excluding hydrogens is 366 g/mol. The summed E-state index contributed by atoms with van der Waals surface area (Å²) >= 11 is 0. The number of aromatic hydroxyl groups is 1. The van der Waals surface area contributed by atoms with Crippen LogP contribution < -0.4 is 15.5 Å². The molecule has 150 valence electrons. The van der Waals surface area contributed by atoms with Gasteiger partial charge in [0.1, 0.15) is 5.75 Å². The number of piperazine rings is 1. The van der Waals surface area contributed by atoms with E-state index in [4.69, 9.17) is 5.73 Å². The first-order chi connectivity index (χ1) is 14.1. The summed E-state index contributed by atoms with van der Waals surface area (Å²) in [5.41, 5.74) is 8.26. The van der Waals surface area contributed by atoms with Crippen LogP contribution in [0, 0.1) is 0 Å². The first kappa shape index (κ1) is 18.9. The van der Waals surface area contributed by atoms with Crippen molar-refractivity contribution in [3.63, 3.8) is 0 Å². The number of hydrogen-bond acceptors (Lipinski definition) is 8. The highest BCUT2D eigenvalue weighted by atomic mass is 16.3. The van der Waals surface area contributed by atoms with Gasteiger partial charge in [-0.05, 0) is 37.6 Å². The number of aromatic nitrogens is 4. The van der Waals surface area contributed by atoms with E-state index in [1.54, 1.807) is 24.5 Å². The van der Waals surface area contributed by atoms with Crippen molar-refractivity contribution in [2.75, 3.05) is 28.6 Å². The van der Waals surface area contributed by atoms with Crippen LogP contribution in [-0.4, -0.2) is 50.4 Å². The second kappa shape index (κ2) is 7.90. The Morgan fingerprint density at radius 2 is 1.86 bits per heavy atom. The Hall–Kier alpha value is -3.42. The minimum absolute atomic E-state index is 0.170. The summed E-state index contributed by atoms with van der Waals surface area (Å²) in [6.07, 6.45) is 4.50. The molecule has 4 rings (SSSR count). The lowest BCUT2D eigenvalue weighted by Crippen LogP contribution is -2.58. The Morgan fingerprint density at radius 1 is 1.10 bits per heavy atom. The number of anilines is 3. The zero-order chi connectivity index (χ0) is 20.4. The molecule has 8 heteroatoms. The lowest BCUT2D eigenvalue weighted by atomic mass is 10.0. The Balaban J connectivity index is 1.66. The molecule has 0 bridgehead atoms. The molecule has 3 N–H and O–H groups in total. The molecule has 2 atom stereocenters. The summed E-state index contributed by atoms with van der Waals surface area (Å²) < 4.78 is 0. The highest BCUT2D eigenvalue weighted by Gasteiger charge is 2.33. The van der Waals surface area contributed by atoms with Gasteiger partial charge < -0.3 is 20.6 Å². The van der Waals surface area contributed by atoms with Crippen molar-refractivity contribution < 1.29 is 5.11 Å². The minimum atomic E-state index is 0.170. The number of rotatable bonds is 4. The Morgan fingerprint density at radius 3 is 2.59 bits per heavy atom. The number of benzene rings is 1. The molecule has 1 aliphatic heterocycles. The van der Waals surface area contributed by atoms with Crippen molar-refractivity contribution in [2.45, 2.75) is 32.4 Å². The van der Waals surface area contributed by atoms with Crippen LogP contribution in [-0.2, 0) is 0 Å². The monoisotopic (exact) mass is 391 g/mol. The molecule has 3 aromatic rings. The quantitative estimate of drug-likeness (QED) is 0.700. The predicted octanol–water partition coefficient (Wildman–Crippen LogP) is 2.72. The number of phenolic OH excluding ortho intramolecular Hbond substituents is 1. The first-order valence-electron chi connectivity index (χ1n) is 9.80. The van der Waals surface area contributed by atoms with Crippen LogP contribution in [0.25, 0.3) is 11.3 Å². The second-order valence-electron chi connectivity index (χ2n) is 7.29. The molecule has 2 unspecified atom stereocenters. The largest absolute Gasteiger partial charge is 0.507 e. The normalized spacial score (nSPS) is 19.4. The Labute approximate surface area is 170 Å². The van der Waals surface area contributed by atoms with E-state index in [9.17, 15) is 5.11 Å². The molecule has 2 aromatic heterocycles. The molecule has 0 amide bonds. The van der Waals surface area contributed by atoms with Crippen molar-refractivity contribution in [1.29, 1.82) is 0 Å². The van der Waals surface area contributed by atoms with Gasteiger partial charge in [-0.2, -0.15) is 0 Å². The van der Waals surface area contributed by atoms with Gasteiger partial charge in [0.05, 0.1) is 11.4 Å². The molecule has 3 heterocycles. The van der Waals surface area contributed by atoms with Crippen molar-refractivity contribution in [3.8, 4) is 17.0 Å². The number of hydrogen-bond donors (Lipinski definition) is 2. The third-order valence-corrected chi connectivity index (χ3v) is 5.36. The van der Waals surface area contributed by atoms with Gasteiger partial charge in [0.2, 0.25) is 5.95 Å². The van der Waals surface area contributed by atoms with Gasteiger partial charge in [-0.15, -0.1) is 10.2 Å². The average molecular weight is 391 g/mol. The lowest BCUT2D eigenvalue weighted by molar-refractivity contribution is 0.437. The van der Waals surface area contributed by atoms with E-state index in [1.807, 2.05) is 24.3 Å². The molecule has 29 heavy (non-hydrogen) atoms. The highest BCUT2D eigenvalue weighted by molar-refractivity contribution is 5.74. The molecular formula is C21H25N7O. The fourth-order valence-corrected chi connectivity index (χ4v) is 3.96. The predicted molar refractivity (Wildman–Crippen MR) is 114 cm³/mol. The van der Waals surface area contributed by atoms with Crippen LogP contribution >= 0.6 is 0 Å². The third-order valence-electron chi connectivity index (χ3n) is 5.36. The molecule has 0 saturated carbocycles. The van der Waals surface area contributed by atoms with Crippen molar-refractivity contribution in [1.82, 2.24) is 20.2 Å². The van der Waals surface area contributed by atoms with Gasteiger partial charge in [0.15, 0.2) is 5.82 Å². The van der Waals surface area contributed by atoms with Gasteiger partial charge in [0.25, 0.3) is 0 Å². The topological polar surface area (TPSA) is 104 Å². The number of phenols is 1. The van der Waals surface area contributed by atoms with Gasteiger partial charge in [-0.3, -0.25) is 0 Å². The van der Waals surface area contributed by atoms with Crippen molar-refractivity contribution >= 4 is 17.5 Å². The van der Waals surface area contributed by atoms with Gasteiger partial charge in [0, 0.05) is 43.1 Å². The zero-order valence-corrected chi connectivity index (χ0v) is 16.6. The molecule has 1 aliphatic rings. The molecule has 1 fully saturated rings. The number of nitrogen functional groups attached to an aromatic ring is 1. The highest BCUT2D eigenvalue weighted by Crippen LogP contribution is 2.33. The SMILES string of the molecule is CCC1CN(c2cc(-c3ccccc3O)nnc2N)CC(C)N1c1ncccn1. The van der Waals surface area contributed by atoms with Crippen LogP contribution in [0.15, 0.2) is 48.8 Å². The van der Waals surface area contributed by atoms with Crippen molar-refractivity contribution in [3.05, 3.63) is 48.8 Å². The third kappa shape index (κ3) is 3.65. The Kier molecular flexibility index (Phi) is 5.16. The molecule has 8 nitrogen and oxygen atoms in total. The fraction of sp³-hybridized carbons (Fsp3) is 0.333. The lowest BCUT2D eigenvalue weighted by Gasteiger charge is -2.46. The summed E-state index contributed by atoms with van der Waals surface area (Å²) in [6.45, 7) is 5.86. The van der Waals surface area contributed by atoms with Crippen LogP contribution in [0.3, 0.4) is 0 Å². The summed E-state index contributed by atoms with van der Waals surface area (Å²) in [5, 5.41) is 18.5. The van der Waals surface area contributed by atoms with E-state index < -0.39 is 0 Å². The summed E-state index contributed by atoms with van der Waals surface area (Å²) in [7, 11) is 0. The van der Waals surface area contributed by atoms with Gasteiger partial charge in [-0.1, -0.05) is 19.1 Å². The Bertz CT molecular complexity index is 982. The van der Waals surface area contributed by atoms with E-state index in [2.05, 4.69) is 43.8 Å². The molecule has 0 spiro atoms. The van der Waals surface area contributed by atoms with Gasteiger partial charge in [-0.25, -0.2) is 9.97 Å². The van der Waals surface area contributed by atoms with Gasteiger partial charge >= 0.3 is 0 Å². The zero-order valence-electron chi connectivity index (χ0n) is 16.6. The first-order valence-corrected chi connectivity index (χ1v) is 9.80. The van der Waals surface area contributed by atoms with E-state index in [1.165, 1.54) is 0 Å². The maximum absolute atomic E-state index is 10.2.